The Balaban J connectivity index is 2.08. The Kier molecular flexibility index (Phi) is 5.64. The van der Waals surface area contributed by atoms with Gasteiger partial charge in [-0.1, -0.05) is 36.4 Å². The summed E-state index contributed by atoms with van der Waals surface area (Å²) >= 11 is 0. The third-order valence-electron chi connectivity index (χ3n) is 4.03. The summed E-state index contributed by atoms with van der Waals surface area (Å²) in [5.41, 5.74) is -0.420. The van der Waals surface area contributed by atoms with Gasteiger partial charge in [-0.15, -0.1) is 0 Å². The van der Waals surface area contributed by atoms with Crippen LogP contribution in [0.1, 0.15) is 31.4 Å². The van der Waals surface area contributed by atoms with Crippen molar-refractivity contribution in [1.82, 2.24) is 10.2 Å². The number of piperidine rings is 1. The van der Waals surface area contributed by atoms with E-state index in [-0.39, 0.29) is 31.5 Å². The highest BCUT2D eigenvalue weighted by molar-refractivity contribution is 7.93. The molecule has 0 saturated carbocycles. The van der Waals surface area contributed by atoms with Crippen molar-refractivity contribution in [2.75, 3.05) is 19.3 Å². The van der Waals surface area contributed by atoms with Crippen LogP contribution in [0, 0.1) is 0 Å². The summed E-state index contributed by atoms with van der Waals surface area (Å²) in [5.74, 6) is 0. The first-order valence-corrected chi connectivity index (χ1v) is 9.78. The number of halogens is 1. The molecular weight excluding hydrogens is 331 g/mol. The second-order valence-electron chi connectivity index (χ2n) is 6.37. The van der Waals surface area contributed by atoms with E-state index in [1.165, 1.54) is 6.08 Å². The fraction of sp³-hybridized carbons (Fsp3) is 0.471. The smallest absolute Gasteiger partial charge is 0.318 e. The molecule has 1 aromatic rings. The van der Waals surface area contributed by atoms with Gasteiger partial charge in [0.1, 0.15) is 5.67 Å². The highest BCUT2D eigenvalue weighted by Crippen LogP contribution is 2.38. The van der Waals surface area contributed by atoms with Gasteiger partial charge in [0.15, 0.2) is 9.84 Å². The maximum atomic E-state index is 14.4. The minimum absolute atomic E-state index is 0.108. The maximum Gasteiger partial charge on any atom is 0.318 e. The summed E-state index contributed by atoms with van der Waals surface area (Å²) in [5, 5.41) is 3.72. The molecule has 1 N–H and O–H groups in total. The normalized spacial score (nSPS) is 25.0. The summed E-state index contributed by atoms with van der Waals surface area (Å²) in [6.07, 6.45) is 2.99. The third kappa shape index (κ3) is 5.33. The van der Waals surface area contributed by atoms with Gasteiger partial charge in [0.2, 0.25) is 0 Å². The highest BCUT2D eigenvalue weighted by Gasteiger charge is 2.39. The number of nitrogens with one attached hydrogen (secondary N) is 1. The van der Waals surface area contributed by atoms with E-state index in [4.69, 9.17) is 0 Å². The number of hydrogen-bond donors (Lipinski definition) is 1. The molecule has 1 aliphatic heterocycles. The van der Waals surface area contributed by atoms with Crippen molar-refractivity contribution < 1.29 is 17.6 Å². The summed E-state index contributed by atoms with van der Waals surface area (Å²) in [4.78, 5) is 14.0. The zero-order valence-electron chi connectivity index (χ0n) is 13.9. The van der Waals surface area contributed by atoms with E-state index in [0.29, 0.717) is 6.54 Å². The molecule has 1 fully saturated rings. The number of urea groups is 1. The number of hydrogen-bond acceptors (Lipinski definition) is 3. The molecule has 2 amide bonds. The molecule has 2 unspecified atom stereocenters. The van der Waals surface area contributed by atoms with Crippen LogP contribution < -0.4 is 5.32 Å². The van der Waals surface area contributed by atoms with Crippen LogP contribution in [0.2, 0.25) is 0 Å². The molecule has 0 aliphatic carbocycles. The molecule has 0 radical (unpaired) electrons. The molecule has 132 valence electrons. The summed E-state index contributed by atoms with van der Waals surface area (Å²) in [7, 11) is -3.21. The second kappa shape index (κ2) is 7.34. The SMILES string of the molecule is CC1(F)CCN(C(=O)NC/C=C/S(C)(=O)=O)C(c2ccccc2)C1. The van der Waals surface area contributed by atoms with Crippen LogP contribution in [0.4, 0.5) is 9.18 Å². The topological polar surface area (TPSA) is 66.5 Å². The van der Waals surface area contributed by atoms with E-state index in [0.717, 1.165) is 17.2 Å². The van der Waals surface area contributed by atoms with Crippen molar-refractivity contribution in [1.29, 1.82) is 0 Å². The van der Waals surface area contributed by atoms with Crippen LogP contribution >= 0.6 is 0 Å². The van der Waals surface area contributed by atoms with Gasteiger partial charge in [0, 0.05) is 31.2 Å². The molecule has 2 atom stereocenters. The third-order valence-corrected chi connectivity index (χ3v) is 4.72. The molecule has 1 saturated heterocycles. The number of rotatable bonds is 4. The van der Waals surface area contributed by atoms with Crippen molar-refractivity contribution in [2.45, 2.75) is 31.5 Å². The molecule has 1 aromatic carbocycles. The van der Waals surface area contributed by atoms with Gasteiger partial charge < -0.3 is 10.2 Å². The number of carbonyl (C=O) groups excluding carboxylic acids is 1. The summed E-state index contributed by atoms with van der Waals surface area (Å²) in [6.45, 7) is 1.98. The number of amides is 2. The van der Waals surface area contributed by atoms with Crippen LogP contribution in [0.15, 0.2) is 41.8 Å². The molecule has 1 aliphatic rings. The Hall–Kier alpha value is -1.89. The van der Waals surface area contributed by atoms with Gasteiger partial charge in [-0.2, -0.15) is 0 Å². The molecule has 0 bridgehead atoms. The fourth-order valence-corrected chi connectivity index (χ4v) is 3.26. The molecule has 7 heteroatoms. The Labute approximate surface area is 142 Å². The van der Waals surface area contributed by atoms with E-state index in [2.05, 4.69) is 5.32 Å². The van der Waals surface area contributed by atoms with Crippen LogP contribution in [0.25, 0.3) is 0 Å². The average molecular weight is 354 g/mol. The molecule has 5 nitrogen and oxygen atoms in total. The number of nitrogens with zero attached hydrogens (tertiary/aromatic N) is 1. The average Bonchev–Trinajstić information content (AvgIpc) is 2.50. The lowest BCUT2D eigenvalue weighted by Crippen LogP contribution is -2.49. The van der Waals surface area contributed by atoms with Crippen molar-refractivity contribution in [3.63, 3.8) is 0 Å². The van der Waals surface area contributed by atoms with Gasteiger partial charge in [-0.3, -0.25) is 0 Å². The van der Waals surface area contributed by atoms with Crippen LogP contribution in [0.5, 0.6) is 0 Å². The van der Waals surface area contributed by atoms with Crippen molar-refractivity contribution in [3.8, 4) is 0 Å². The Morgan fingerprint density at radius 2 is 2.08 bits per heavy atom. The number of likely N-dealkylation sites (tertiary alicyclic amines) is 1. The van der Waals surface area contributed by atoms with Crippen molar-refractivity contribution in [3.05, 3.63) is 47.4 Å². The fourth-order valence-electron chi connectivity index (χ4n) is 2.81. The van der Waals surface area contributed by atoms with Gasteiger partial charge in [0.25, 0.3) is 0 Å². The monoisotopic (exact) mass is 354 g/mol. The Morgan fingerprint density at radius 1 is 1.42 bits per heavy atom. The quantitative estimate of drug-likeness (QED) is 0.904. The standard InChI is InChI=1S/C17H23FN2O3S/c1-17(18)9-11-20(15(13-17)14-7-4-3-5-8-14)16(21)19-10-6-12-24(2,22)23/h3-8,12,15H,9-11,13H2,1-2H3,(H,19,21)/b12-6+. The number of alkyl halides is 1. The Bertz CT molecular complexity index is 702. The zero-order valence-corrected chi connectivity index (χ0v) is 14.7. The van der Waals surface area contributed by atoms with Crippen LogP contribution in [-0.4, -0.2) is 44.4 Å². The van der Waals surface area contributed by atoms with Crippen molar-refractivity contribution in [2.24, 2.45) is 0 Å². The van der Waals surface area contributed by atoms with Crippen LogP contribution in [-0.2, 0) is 9.84 Å². The number of benzene rings is 1. The lowest BCUT2D eigenvalue weighted by atomic mass is 9.86. The summed E-state index contributed by atoms with van der Waals surface area (Å²) in [6, 6.07) is 8.72. The minimum Gasteiger partial charge on any atom is -0.334 e. The van der Waals surface area contributed by atoms with E-state index >= 15 is 0 Å². The zero-order chi connectivity index (χ0) is 17.8. The lowest BCUT2D eigenvalue weighted by molar-refractivity contribution is 0.0487. The highest BCUT2D eigenvalue weighted by atomic mass is 32.2. The first-order valence-electron chi connectivity index (χ1n) is 7.83. The maximum absolute atomic E-state index is 14.4. The molecule has 0 aromatic heterocycles. The van der Waals surface area contributed by atoms with Crippen molar-refractivity contribution >= 4 is 15.9 Å². The second-order valence-corrected chi connectivity index (χ2v) is 8.31. The Morgan fingerprint density at radius 3 is 2.71 bits per heavy atom. The van der Waals surface area contributed by atoms with E-state index in [1.807, 2.05) is 30.3 Å². The van der Waals surface area contributed by atoms with E-state index in [9.17, 15) is 17.6 Å². The first kappa shape index (κ1) is 18.4. The molecule has 2 rings (SSSR count). The van der Waals surface area contributed by atoms with E-state index in [1.54, 1.807) is 11.8 Å². The molecular formula is C17H23FN2O3S. The first-order chi connectivity index (χ1) is 11.2. The predicted octanol–water partition coefficient (Wildman–Crippen LogP) is 2.82. The number of sulfone groups is 1. The minimum atomic E-state index is -3.21. The summed E-state index contributed by atoms with van der Waals surface area (Å²) < 4.78 is 36.5. The van der Waals surface area contributed by atoms with Gasteiger partial charge >= 0.3 is 6.03 Å². The number of carbonyl (C=O) groups is 1. The molecule has 24 heavy (non-hydrogen) atoms. The largest absolute Gasteiger partial charge is 0.334 e. The van der Waals surface area contributed by atoms with Gasteiger partial charge in [-0.05, 0) is 18.9 Å². The van der Waals surface area contributed by atoms with Gasteiger partial charge in [-0.25, -0.2) is 17.6 Å². The lowest BCUT2D eigenvalue weighted by Gasteiger charge is -2.41. The predicted molar refractivity (Wildman–Crippen MR) is 92.0 cm³/mol. The molecule has 1 heterocycles. The molecule has 0 spiro atoms. The van der Waals surface area contributed by atoms with Crippen LogP contribution in [0.3, 0.4) is 0 Å². The van der Waals surface area contributed by atoms with E-state index < -0.39 is 15.5 Å². The van der Waals surface area contributed by atoms with Gasteiger partial charge in [0.05, 0.1) is 6.04 Å².